The first-order valence-corrected chi connectivity index (χ1v) is 7.24. The molecule has 2 aliphatic rings. The number of carboxylic acids is 1. The Bertz CT molecular complexity index is 686. The normalized spacial score (nSPS) is 27.7. The molecule has 0 aromatic heterocycles. The number of aliphatic carboxylic acids is 1. The lowest BCUT2D eigenvalue weighted by Gasteiger charge is -2.23. The number of benzene rings is 1. The van der Waals surface area contributed by atoms with Crippen molar-refractivity contribution in [3.63, 3.8) is 0 Å². The van der Waals surface area contributed by atoms with Gasteiger partial charge in [0.15, 0.2) is 0 Å². The van der Waals surface area contributed by atoms with Crippen LogP contribution in [0.1, 0.15) is 16.8 Å². The third kappa shape index (κ3) is 2.81. The van der Waals surface area contributed by atoms with E-state index in [9.17, 15) is 23.9 Å². The van der Waals surface area contributed by atoms with Gasteiger partial charge in [0.1, 0.15) is 5.82 Å². The molecule has 1 aromatic rings. The number of hydrogen-bond donors (Lipinski definition) is 3. The first-order chi connectivity index (χ1) is 11.0. The third-order valence-corrected chi connectivity index (χ3v) is 4.45. The van der Waals surface area contributed by atoms with Crippen molar-refractivity contribution in [3.05, 3.63) is 47.8 Å². The molecule has 1 aromatic carbocycles. The molecule has 3 rings (SSSR count). The van der Waals surface area contributed by atoms with Gasteiger partial charge in [-0.15, -0.1) is 0 Å². The number of amides is 2. The quantitative estimate of drug-likeness (QED) is 0.575. The highest BCUT2D eigenvalue weighted by molar-refractivity contribution is 5.96. The van der Waals surface area contributed by atoms with Crippen LogP contribution in [0.2, 0.25) is 0 Å². The first-order valence-electron chi connectivity index (χ1n) is 7.24. The van der Waals surface area contributed by atoms with E-state index in [-0.39, 0.29) is 17.4 Å². The van der Waals surface area contributed by atoms with E-state index in [4.69, 9.17) is 0 Å². The van der Waals surface area contributed by atoms with Crippen LogP contribution < -0.4 is 10.9 Å². The van der Waals surface area contributed by atoms with E-state index in [1.54, 1.807) is 0 Å². The maximum atomic E-state index is 12.8. The molecule has 0 saturated heterocycles. The van der Waals surface area contributed by atoms with E-state index in [1.807, 2.05) is 12.2 Å². The minimum Gasteiger partial charge on any atom is -0.481 e. The minimum atomic E-state index is -1.01. The summed E-state index contributed by atoms with van der Waals surface area (Å²) in [4.78, 5) is 35.5. The lowest BCUT2D eigenvalue weighted by molar-refractivity contribution is -0.148. The molecule has 4 atom stereocenters. The number of nitrogens with one attached hydrogen (secondary N) is 2. The van der Waals surface area contributed by atoms with Crippen LogP contribution in [0.3, 0.4) is 0 Å². The Kier molecular flexibility index (Phi) is 3.85. The molecular formula is C16H15FN2O4. The Morgan fingerprint density at radius 3 is 2.22 bits per heavy atom. The predicted molar refractivity (Wildman–Crippen MR) is 77.4 cm³/mol. The minimum absolute atomic E-state index is 0.121. The molecule has 2 amide bonds. The molecule has 1 saturated carbocycles. The van der Waals surface area contributed by atoms with Crippen molar-refractivity contribution >= 4 is 17.8 Å². The summed E-state index contributed by atoms with van der Waals surface area (Å²) in [5.74, 6) is -4.32. The number of carbonyl (C=O) groups excluding carboxylic acids is 2. The lowest BCUT2D eigenvalue weighted by atomic mass is 9.82. The van der Waals surface area contributed by atoms with Gasteiger partial charge >= 0.3 is 5.97 Å². The number of rotatable bonds is 3. The fourth-order valence-corrected chi connectivity index (χ4v) is 3.39. The summed E-state index contributed by atoms with van der Waals surface area (Å²) in [6.45, 7) is 0. The van der Waals surface area contributed by atoms with Crippen LogP contribution in [0.4, 0.5) is 4.39 Å². The van der Waals surface area contributed by atoms with Gasteiger partial charge in [-0.2, -0.15) is 0 Å². The molecule has 3 N–H and O–H groups in total. The molecule has 23 heavy (non-hydrogen) atoms. The fourth-order valence-electron chi connectivity index (χ4n) is 3.39. The number of fused-ring (bicyclic) bond motifs is 2. The number of hydrogen-bond acceptors (Lipinski definition) is 3. The zero-order valence-corrected chi connectivity index (χ0v) is 12.0. The van der Waals surface area contributed by atoms with Crippen molar-refractivity contribution in [3.8, 4) is 0 Å². The first kappa shape index (κ1) is 15.2. The molecule has 0 radical (unpaired) electrons. The van der Waals surface area contributed by atoms with E-state index in [0.717, 1.165) is 12.1 Å². The molecule has 7 heteroatoms. The standard InChI is InChI=1S/C16H15FN2O4/c17-11-5-3-8(4-6-11)14(20)18-19-15(21)12-9-1-2-10(7-9)13(12)16(22)23/h1-6,9-10,12-13H,7H2,(H,18,20)(H,19,21)(H,22,23)/t9-,10-,12-,13+/m0/s1. The average Bonchev–Trinajstić information content (AvgIpc) is 3.13. The molecule has 1 fully saturated rings. The van der Waals surface area contributed by atoms with Gasteiger partial charge < -0.3 is 5.11 Å². The van der Waals surface area contributed by atoms with Crippen molar-refractivity contribution < 1.29 is 23.9 Å². The topological polar surface area (TPSA) is 95.5 Å². The second kappa shape index (κ2) is 5.83. The predicted octanol–water partition coefficient (Wildman–Crippen LogP) is 1.11. The molecule has 0 heterocycles. The number of carboxylic acid groups (broad SMARTS) is 1. The number of halogens is 1. The van der Waals surface area contributed by atoms with E-state index >= 15 is 0 Å². The van der Waals surface area contributed by atoms with Gasteiger partial charge in [0, 0.05) is 5.56 Å². The smallest absolute Gasteiger partial charge is 0.307 e. The summed E-state index contributed by atoms with van der Waals surface area (Å²) in [6.07, 6.45) is 4.33. The van der Waals surface area contributed by atoms with Gasteiger partial charge in [-0.25, -0.2) is 4.39 Å². The van der Waals surface area contributed by atoms with Gasteiger partial charge in [0.05, 0.1) is 11.8 Å². The highest BCUT2D eigenvalue weighted by atomic mass is 19.1. The zero-order chi connectivity index (χ0) is 16.6. The molecular weight excluding hydrogens is 303 g/mol. The van der Waals surface area contributed by atoms with Crippen molar-refractivity contribution in [2.75, 3.05) is 0 Å². The summed E-state index contributed by atoms with van der Waals surface area (Å²) in [7, 11) is 0. The Balaban J connectivity index is 1.63. The summed E-state index contributed by atoms with van der Waals surface area (Å²) in [5.41, 5.74) is 4.70. The van der Waals surface area contributed by atoms with Crippen molar-refractivity contribution in [2.45, 2.75) is 6.42 Å². The summed E-state index contributed by atoms with van der Waals surface area (Å²) in [5, 5.41) is 9.30. The van der Waals surface area contributed by atoms with Crippen LogP contribution in [0, 0.1) is 29.5 Å². The molecule has 0 aliphatic heterocycles. The highest BCUT2D eigenvalue weighted by Crippen LogP contribution is 2.48. The van der Waals surface area contributed by atoms with E-state index in [1.165, 1.54) is 12.1 Å². The summed E-state index contributed by atoms with van der Waals surface area (Å²) >= 11 is 0. The Morgan fingerprint density at radius 1 is 1.00 bits per heavy atom. The van der Waals surface area contributed by atoms with Gasteiger partial charge in [0.25, 0.3) is 5.91 Å². The van der Waals surface area contributed by atoms with E-state index in [0.29, 0.717) is 6.42 Å². The van der Waals surface area contributed by atoms with Gasteiger partial charge in [-0.3, -0.25) is 25.2 Å². The van der Waals surface area contributed by atoms with Crippen LogP contribution in [0.15, 0.2) is 36.4 Å². The zero-order valence-electron chi connectivity index (χ0n) is 12.0. The van der Waals surface area contributed by atoms with Crippen molar-refractivity contribution in [2.24, 2.45) is 23.7 Å². The maximum absolute atomic E-state index is 12.8. The molecule has 0 spiro atoms. The monoisotopic (exact) mass is 318 g/mol. The number of allylic oxidation sites excluding steroid dienone is 2. The SMILES string of the molecule is O=C(NNC(=O)[C@@H]1[C@H](C(=O)O)[C@H]2C=C[C@H]1C2)c1ccc(F)cc1. The van der Waals surface area contributed by atoms with Crippen LogP contribution in [-0.4, -0.2) is 22.9 Å². The second-order valence-corrected chi connectivity index (χ2v) is 5.79. The van der Waals surface area contributed by atoms with Crippen LogP contribution >= 0.6 is 0 Å². The van der Waals surface area contributed by atoms with Crippen molar-refractivity contribution in [1.82, 2.24) is 10.9 Å². The van der Waals surface area contributed by atoms with Crippen LogP contribution in [0.5, 0.6) is 0 Å². The fraction of sp³-hybridized carbons (Fsp3) is 0.312. The second-order valence-electron chi connectivity index (χ2n) is 5.79. The average molecular weight is 318 g/mol. The van der Waals surface area contributed by atoms with Crippen LogP contribution in [-0.2, 0) is 9.59 Å². The summed E-state index contributed by atoms with van der Waals surface area (Å²) in [6, 6.07) is 4.85. The Morgan fingerprint density at radius 2 is 1.61 bits per heavy atom. The molecule has 120 valence electrons. The maximum Gasteiger partial charge on any atom is 0.307 e. The Labute approximate surface area is 131 Å². The summed E-state index contributed by atoms with van der Waals surface area (Å²) < 4.78 is 12.8. The highest BCUT2D eigenvalue weighted by Gasteiger charge is 2.51. The lowest BCUT2D eigenvalue weighted by Crippen LogP contribution is -2.48. The van der Waals surface area contributed by atoms with E-state index in [2.05, 4.69) is 10.9 Å². The Hall–Kier alpha value is -2.70. The number of carbonyl (C=O) groups is 3. The van der Waals surface area contributed by atoms with Gasteiger partial charge in [0.2, 0.25) is 5.91 Å². The van der Waals surface area contributed by atoms with E-state index < -0.39 is 35.4 Å². The molecule has 2 bridgehead atoms. The van der Waals surface area contributed by atoms with Crippen LogP contribution in [0.25, 0.3) is 0 Å². The van der Waals surface area contributed by atoms with Gasteiger partial charge in [-0.05, 0) is 42.5 Å². The third-order valence-electron chi connectivity index (χ3n) is 4.45. The number of hydrazine groups is 1. The van der Waals surface area contributed by atoms with Gasteiger partial charge in [-0.1, -0.05) is 12.2 Å². The van der Waals surface area contributed by atoms with Crippen molar-refractivity contribution in [1.29, 1.82) is 0 Å². The molecule has 0 unspecified atom stereocenters. The molecule has 2 aliphatic carbocycles. The largest absolute Gasteiger partial charge is 0.481 e. The molecule has 6 nitrogen and oxygen atoms in total.